The number of nitrogen functional groups attached to an aromatic ring is 1. The monoisotopic (exact) mass is 379 g/mol. The maximum Gasteiger partial charge on any atom is 0.416 e. The molecule has 144 valence electrons. The van der Waals surface area contributed by atoms with Crippen molar-refractivity contribution in [3.63, 3.8) is 0 Å². The Hall–Kier alpha value is -2.58. The number of hydrogen-bond donors (Lipinski definition) is 3. The third kappa shape index (κ3) is 4.58. The van der Waals surface area contributed by atoms with Gasteiger partial charge in [-0.05, 0) is 48.4 Å². The van der Waals surface area contributed by atoms with Gasteiger partial charge in [-0.3, -0.25) is 9.69 Å². The number of benzene rings is 2. The summed E-state index contributed by atoms with van der Waals surface area (Å²) in [6.07, 6.45) is -5.01. The lowest BCUT2D eigenvalue weighted by Crippen LogP contribution is -2.49. The molecule has 2 aromatic carbocycles. The Bertz CT molecular complexity index is 862. The minimum absolute atomic E-state index is 0.0833. The summed E-state index contributed by atoms with van der Waals surface area (Å²) in [6.45, 7) is 2.85. The molecule has 3 rings (SSSR count). The van der Waals surface area contributed by atoms with Crippen LogP contribution in [0.5, 0.6) is 0 Å². The van der Waals surface area contributed by atoms with Crippen LogP contribution in [0.25, 0.3) is 0 Å². The van der Waals surface area contributed by atoms with E-state index in [-0.39, 0.29) is 12.1 Å². The number of β-amino-alcohol motifs (C(OH)–C–C–N with tert-alkyl or cyclic N) is 1. The third-order valence-corrected chi connectivity index (χ3v) is 4.46. The summed E-state index contributed by atoms with van der Waals surface area (Å²) >= 11 is 0. The van der Waals surface area contributed by atoms with Crippen molar-refractivity contribution >= 4 is 17.3 Å². The molecule has 0 radical (unpaired) electrons. The maximum atomic E-state index is 13.2. The summed E-state index contributed by atoms with van der Waals surface area (Å²) in [4.78, 5) is 14.3. The predicted octanol–water partition coefficient (Wildman–Crippen LogP) is 3.02. The van der Waals surface area contributed by atoms with Gasteiger partial charge in [-0.1, -0.05) is 6.07 Å². The van der Waals surface area contributed by atoms with Crippen molar-refractivity contribution in [2.75, 3.05) is 24.1 Å². The van der Waals surface area contributed by atoms with Gasteiger partial charge in [-0.2, -0.15) is 13.2 Å². The van der Waals surface area contributed by atoms with Gasteiger partial charge in [0.2, 0.25) is 0 Å². The number of likely N-dealkylation sites (tertiary alicyclic amines) is 1. The van der Waals surface area contributed by atoms with E-state index in [2.05, 4.69) is 5.32 Å². The molecule has 4 N–H and O–H groups in total. The Morgan fingerprint density at radius 1 is 1.26 bits per heavy atom. The van der Waals surface area contributed by atoms with Crippen LogP contribution < -0.4 is 11.1 Å². The van der Waals surface area contributed by atoms with Crippen molar-refractivity contribution in [1.29, 1.82) is 0 Å². The molecule has 0 spiro atoms. The molecule has 0 aliphatic carbocycles. The van der Waals surface area contributed by atoms with E-state index in [1.54, 1.807) is 18.2 Å². The quantitative estimate of drug-likeness (QED) is 0.714. The first-order valence-corrected chi connectivity index (χ1v) is 8.41. The van der Waals surface area contributed by atoms with Gasteiger partial charge in [0, 0.05) is 36.6 Å². The fourth-order valence-electron chi connectivity index (χ4n) is 2.93. The predicted molar refractivity (Wildman–Crippen MR) is 96.3 cm³/mol. The second-order valence-electron chi connectivity index (χ2n) is 6.79. The van der Waals surface area contributed by atoms with Gasteiger partial charge in [-0.25, -0.2) is 0 Å². The van der Waals surface area contributed by atoms with Crippen LogP contribution in [-0.2, 0) is 12.7 Å². The molecule has 1 heterocycles. The van der Waals surface area contributed by atoms with E-state index in [1.165, 1.54) is 6.07 Å². The normalized spacial score (nSPS) is 15.4. The number of nitrogens with one attached hydrogen (secondary N) is 1. The van der Waals surface area contributed by atoms with Crippen LogP contribution >= 0.6 is 0 Å². The summed E-state index contributed by atoms with van der Waals surface area (Å²) in [7, 11) is 0. The Kier molecular flexibility index (Phi) is 5.12. The van der Waals surface area contributed by atoms with Gasteiger partial charge in [-0.15, -0.1) is 0 Å². The number of halogens is 3. The number of nitrogens with zero attached hydrogens (tertiary/aromatic N) is 1. The molecule has 1 fully saturated rings. The van der Waals surface area contributed by atoms with Crippen molar-refractivity contribution in [2.45, 2.75) is 25.7 Å². The number of anilines is 2. The van der Waals surface area contributed by atoms with Gasteiger partial charge in [0.25, 0.3) is 5.91 Å². The number of rotatable bonds is 4. The number of carbonyl (C=O) groups excluding carboxylic acids is 1. The first-order chi connectivity index (χ1) is 12.6. The highest BCUT2D eigenvalue weighted by Crippen LogP contribution is 2.31. The minimum atomic E-state index is -4.56. The number of aliphatic hydroxyl groups excluding tert-OH is 1. The van der Waals surface area contributed by atoms with Crippen molar-refractivity contribution in [2.24, 2.45) is 0 Å². The van der Waals surface area contributed by atoms with E-state index in [1.807, 2.05) is 11.8 Å². The van der Waals surface area contributed by atoms with E-state index < -0.39 is 23.8 Å². The number of nitrogens with two attached hydrogens (primary N) is 1. The second-order valence-corrected chi connectivity index (χ2v) is 6.79. The standard InChI is InChI=1S/C19H20F3N3O2/c1-11-2-3-15(7-17(11)23)24-18(27)13-4-12(8-25-9-16(26)10-25)5-14(6-13)19(20,21)22/h2-7,16,26H,8-10,23H2,1H3,(H,24,27). The van der Waals surface area contributed by atoms with Crippen LogP contribution in [0.2, 0.25) is 0 Å². The van der Waals surface area contributed by atoms with E-state index >= 15 is 0 Å². The zero-order chi connectivity index (χ0) is 19.8. The first kappa shape index (κ1) is 19.2. The largest absolute Gasteiger partial charge is 0.416 e. The molecule has 0 unspecified atom stereocenters. The van der Waals surface area contributed by atoms with E-state index in [4.69, 9.17) is 5.73 Å². The fourth-order valence-corrected chi connectivity index (χ4v) is 2.93. The smallest absolute Gasteiger partial charge is 0.398 e. The summed E-state index contributed by atoms with van der Waals surface area (Å²) < 4.78 is 39.7. The number of hydrogen-bond acceptors (Lipinski definition) is 4. The van der Waals surface area contributed by atoms with E-state index in [0.29, 0.717) is 30.0 Å². The van der Waals surface area contributed by atoms with Gasteiger partial charge >= 0.3 is 6.18 Å². The number of amides is 1. The average Bonchev–Trinajstić information content (AvgIpc) is 2.56. The van der Waals surface area contributed by atoms with E-state index in [9.17, 15) is 23.1 Å². The summed E-state index contributed by atoms with van der Waals surface area (Å²) in [5, 5.41) is 11.9. The first-order valence-electron chi connectivity index (χ1n) is 8.41. The maximum absolute atomic E-state index is 13.2. The highest BCUT2D eigenvalue weighted by atomic mass is 19.4. The van der Waals surface area contributed by atoms with Crippen LogP contribution in [0.1, 0.15) is 27.0 Å². The molecule has 0 atom stereocenters. The zero-order valence-corrected chi connectivity index (χ0v) is 14.7. The fraction of sp³-hybridized carbons (Fsp3) is 0.316. The van der Waals surface area contributed by atoms with E-state index in [0.717, 1.165) is 17.7 Å². The SMILES string of the molecule is Cc1ccc(NC(=O)c2cc(CN3CC(O)C3)cc(C(F)(F)F)c2)cc1N. The number of alkyl halides is 3. The Labute approximate surface area is 154 Å². The molecule has 0 aromatic heterocycles. The van der Waals surface area contributed by atoms with Crippen molar-refractivity contribution in [3.8, 4) is 0 Å². The van der Waals surface area contributed by atoms with Gasteiger partial charge in [0.1, 0.15) is 0 Å². The van der Waals surface area contributed by atoms with Gasteiger partial charge in [0.05, 0.1) is 11.7 Å². The highest BCUT2D eigenvalue weighted by Gasteiger charge is 2.32. The molecule has 27 heavy (non-hydrogen) atoms. The molecule has 1 aliphatic heterocycles. The van der Waals surface area contributed by atoms with Crippen LogP contribution in [-0.4, -0.2) is 35.1 Å². The molecule has 1 saturated heterocycles. The van der Waals surface area contributed by atoms with Crippen LogP contribution in [0.4, 0.5) is 24.5 Å². The van der Waals surface area contributed by atoms with Crippen LogP contribution in [0.3, 0.4) is 0 Å². The Balaban J connectivity index is 1.85. The Morgan fingerprint density at radius 2 is 1.96 bits per heavy atom. The molecule has 0 saturated carbocycles. The lowest BCUT2D eigenvalue weighted by Gasteiger charge is -2.36. The summed E-state index contributed by atoms with van der Waals surface area (Å²) in [5.74, 6) is -0.644. The van der Waals surface area contributed by atoms with Crippen molar-refractivity contribution in [1.82, 2.24) is 4.90 Å². The van der Waals surface area contributed by atoms with Crippen molar-refractivity contribution < 1.29 is 23.1 Å². The third-order valence-electron chi connectivity index (χ3n) is 4.46. The van der Waals surface area contributed by atoms with Crippen LogP contribution in [0.15, 0.2) is 36.4 Å². The van der Waals surface area contributed by atoms with Gasteiger partial charge in [0.15, 0.2) is 0 Å². The molecule has 2 aromatic rings. The number of carbonyl (C=O) groups is 1. The Morgan fingerprint density at radius 3 is 2.56 bits per heavy atom. The minimum Gasteiger partial charge on any atom is -0.398 e. The molecule has 1 aliphatic rings. The second kappa shape index (κ2) is 7.21. The van der Waals surface area contributed by atoms with Crippen LogP contribution in [0, 0.1) is 6.92 Å². The molecular weight excluding hydrogens is 359 g/mol. The molecule has 0 bridgehead atoms. The van der Waals surface area contributed by atoms with Gasteiger partial charge < -0.3 is 16.2 Å². The summed E-state index contributed by atoms with van der Waals surface area (Å²) in [5.41, 5.74) is 6.93. The molecular formula is C19H20F3N3O2. The topological polar surface area (TPSA) is 78.6 Å². The zero-order valence-electron chi connectivity index (χ0n) is 14.7. The lowest BCUT2D eigenvalue weighted by atomic mass is 10.0. The highest BCUT2D eigenvalue weighted by molar-refractivity contribution is 6.04. The number of aryl methyl sites for hydroxylation is 1. The number of aliphatic hydroxyl groups is 1. The molecule has 8 heteroatoms. The van der Waals surface area contributed by atoms with Crippen molar-refractivity contribution in [3.05, 3.63) is 58.7 Å². The lowest BCUT2D eigenvalue weighted by molar-refractivity contribution is -0.137. The molecule has 5 nitrogen and oxygen atoms in total. The summed E-state index contributed by atoms with van der Waals surface area (Å²) in [6, 6.07) is 8.22. The average molecular weight is 379 g/mol. The molecule has 1 amide bonds.